The third-order valence-corrected chi connectivity index (χ3v) is 2.93. The molecule has 0 spiro atoms. The zero-order chi connectivity index (χ0) is 13.3. The molecule has 0 aromatic heterocycles. The molecule has 0 saturated heterocycles. The van der Waals surface area contributed by atoms with Crippen LogP contribution >= 0.6 is 0 Å². The van der Waals surface area contributed by atoms with Gasteiger partial charge in [0.25, 0.3) is 0 Å². The summed E-state index contributed by atoms with van der Waals surface area (Å²) >= 11 is 0. The summed E-state index contributed by atoms with van der Waals surface area (Å²) < 4.78 is 50.8. The molecule has 0 heterocycles. The summed E-state index contributed by atoms with van der Waals surface area (Å²) in [6.45, 7) is 5.70. The van der Waals surface area contributed by atoms with Gasteiger partial charge in [-0.15, -0.1) is 0 Å². The summed E-state index contributed by atoms with van der Waals surface area (Å²) in [7, 11) is 0. The zero-order valence-electron chi connectivity index (χ0n) is 10.2. The Kier molecular flexibility index (Phi) is 3.84. The fourth-order valence-corrected chi connectivity index (χ4v) is 1.93. The Bertz CT molecular complexity index is 391. The summed E-state index contributed by atoms with van der Waals surface area (Å²) in [5.41, 5.74) is -1.03. The molecule has 0 fully saturated rings. The van der Waals surface area contributed by atoms with Gasteiger partial charge in [0.2, 0.25) is 0 Å². The van der Waals surface area contributed by atoms with Crippen molar-refractivity contribution in [2.24, 2.45) is 0 Å². The van der Waals surface area contributed by atoms with Gasteiger partial charge in [-0.25, -0.2) is 4.39 Å². The predicted octanol–water partition coefficient (Wildman–Crippen LogP) is 4.92. The monoisotopic (exact) mass is 248 g/mol. The van der Waals surface area contributed by atoms with E-state index in [4.69, 9.17) is 0 Å². The van der Waals surface area contributed by atoms with Crippen LogP contribution in [-0.4, -0.2) is 0 Å². The van der Waals surface area contributed by atoms with Crippen LogP contribution in [0, 0.1) is 5.82 Å². The zero-order valence-corrected chi connectivity index (χ0v) is 10.2. The molecule has 0 aliphatic rings. The largest absolute Gasteiger partial charge is 0.419 e. The molecule has 0 amide bonds. The Morgan fingerprint density at radius 3 is 2.18 bits per heavy atom. The molecule has 0 nitrogen and oxygen atoms in total. The lowest BCUT2D eigenvalue weighted by atomic mass is 9.80. The van der Waals surface area contributed by atoms with Crippen molar-refractivity contribution in [2.45, 2.75) is 45.2 Å². The van der Waals surface area contributed by atoms with Gasteiger partial charge in [0.1, 0.15) is 5.82 Å². The highest BCUT2D eigenvalue weighted by molar-refractivity contribution is 5.32. The van der Waals surface area contributed by atoms with E-state index in [-0.39, 0.29) is 5.41 Å². The molecular weight excluding hydrogens is 232 g/mol. The van der Waals surface area contributed by atoms with E-state index in [0.29, 0.717) is 5.56 Å². The number of halogens is 4. The SMILES string of the molecule is CCCC(C)(C)c1ccc(F)c(C(F)(F)F)c1. The highest BCUT2D eigenvalue weighted by Gasteiger charge is 2.35. The van der Waals surface area contributed by atoms with Crippen molar-refractivity contribution in [2.75, 3.05) is 0 Å². The van der Waals surface area contributed by atoms with Crippen LogP contribution in [0.1, 0.15) is 44.7 Å². The van der Waals surface area contributed by atoms with Gasteiger partial charge >= 0.3 is 6.18 Å². The minimum atomic E-state index is -4.64. The number of hydrogen-bond acceptors (Lipinski definition) is 0. The lowest BCUT2D eigenvalue weighted by Crippen LogP contribution is -2.18. The van der Waals surface area contributed by atoms with Crippen molar-refractivity contribution in [3.8, 4) is 0 Å². The standard InChI is InChI=1S/C13H16F4/c1-4-7-12(2,3)9-5-6-11(14)10(8-9)13(15,16)17/h5-6,8H,4,7H2,1-3H3. The maximum Gasteiger partial charge on any atom is 0.419 e. The first-order valence-electron chi connectivity index (χ1n) is 5.55. The molecular formula is C13H16F4. The molecule has 1 aromatic carbocycles. The minimum absolute atomic E-state index is 0.373. The minimum Gasteiger partial charge on any atom is -0.206 e. The molecule has 17 heavy (non-hydrogen) atoms. The number of benzene rings is 1. The molecule has 0 unspecified atom stereocenters. The average molecular weight is 248 g/mol. The van der Waals surface area contributed by atoms with Crippen LogP contribution in [0.4, 0.5) is 17.6 Å². The lowest BCUT2D eigenvalue weighted by molar-refractivity contribution is -0.140. The van der Waals surface area contributed by atoms with Gasteiger partial charge in [-0.1, -0.05) is 33.3 Å². The topological polar surface area (TPSA) is 0 Å². The van der Waals surface area contributed by atoms with E-state index < -0.39 is 17.6 Å². The Morgan fingerprint density at radius 1 is 1.12 bits per heavy atom. The van der Waals surface area contributed by atoms with Crippen LogP contribution in [0.15, 0.2) is 18.2 Å². The first kappa shape index (κ1) is 14.0. The van der Waals surface area contributed by atoms with Gasteiger partial charge in [-0.3, -0.25) is 0 Å². The highest BCUT2D eigenvalue weighted by Crippen LogP contribution is 2.36. The van der Waals surface area contributed by atoms with E-state index >= 15 is 0 Å². The van der Waals surface area contributed by atoms with Crippen molar-refractivity contribution in [1.29, 1.82) is 0 Å². The van der Waals surface area contributed by atoms with E-state index in [1.54, 1.807) is 0 Å². The van der Waals surface area contributed by atoms with Crippen LogP contribution < -0.4 is 0 Å². The number of rotatable bonds is 3. The van der Waals surface area contributed by atoms with Crippen LogP contribution in [0.25, 0.3) is 0 Å². The molecule has 0 atom stereocenters. The van der Waals surface area contributed by atoms with Gasteiger partial charge in [-0.05, 0) is 29.5 Å². The van der Waals surface area contributed by atoms with Crippen molar-refractivity contribution in [3.63, 3.8) is 0 Å². The van der Waals surface area contributed by atoms with E-state index in [2.05, 4.69) is 0 Å². The van der Waals surface area contributed by atoms with E-state index in [0.717, 1.165) is 25.0 Å². The van der Waals surface area contributed by atoms with E-state index in [1.165, 1.54) is 6.07 Å². The fourth-order valence-electron chi connectivity index (χ4n) is 1.93. The third kappa shape index (κ3) is 3.20. The van der Waals surface area contributed by atoms with Crippen LogP contribution in [0.3, 0.4) is 0 Å². The molecule has 0 aliphatic heterocycles. The highest BCUT2D eigenvalue weighted by atomic mass is 19.4. The average Bonchev–Trinajstić information content (AvgIpc) is 2.15. The Balaban J connectivity index is 3.22. The first-order chi connectivity index (χ1) is 7.68. The Morgan fingerprint density at radius 2 is 1.71 bits per heavy atom. The van der Waals surface area contributed by atoms with Crippen molar-refractivity contribution in [1.82, 2.24) is 0 Å². The fraction of sp³-hybridized carbons (Fsp3) is 0.538. The van der Waals surface area contributed by atoms with Gasteiger partial charge in [-0.2, -0.15) is 13.2 Å². The summed E-state index contributed by atoms with van der Waals surface area (Å²) in [5.74, 6) is -1.21. The van der Waals surface area contributed by atoms with Gasteiger partial charge in [0, 0.05) is 0 Å². The predicted molar refractivity (Wildman–Crippen MR) is 59.3 cm³/mol. The van der Waals surface area contributed by atoms with Crippen molar-refractivity contribution < 1.29 is 17.6 Å². The smallest absolute Gasteiger partial charge is 0.206 e. The van der Waals surface area contributed by atoms with Crippen molar-refractivity contribution in [3.05, 3.63) is 35.1 Å². The van der Waals surface area contributed by atoms with Gasteiger partial charge < -0.3 is 0 Å². The van der Waals surface area contributed by atoms with E-state index in [1.807, 2.05) is 20.8 Å². The molecule has 1 rings (SSSR count). The summed E-state index contributed by atoms with van der Waals surface area (Å²) in [6.07, 6.45) is -3.01. The van der Waals surface area contributed by atoms with Crippen LogP contribution in [0.5, 0.6) is 0 Å². The summed E-state index contributed by atoms with van der Waals surface area (Å²) in [6, 6.07) is 3.25. The Hall–Kier alpha value is -1.06. The van der Waals surface area contributed by atoms with Gasteiger partial charge in [0.15, 0.2) is 0 Å². The third-order valence-electron chi connectivity index (χ3n) is 2.93. The van der Waals surface area contributed by atoms with Gasteiger partial charge in [0.05, 0.1) is 5.56 Å². The molecule has 1 aromatic rings. The normalized spacial score (nSPS) is 12.9. The lowest BCUT2D eigenvalue weighted by Gasteiger charge is -2.25. The second kappa shape index (κ2) is 4.67. The molecule has 0 aliphatic carbocycles. The van der Waals surface area contributed by atoms with Crippen molar-refractivity contribution >= 4 is 0 Å². The second-order valence-corrected chi connectivity index (χ2v) is 4.83. The quantitative estimate of drug-likeness (QED) is 0.666. The number of hydrogen-bond donors (Lipinski definition) is 0. The summed E-state index contributed by atoms with van der Waals surface area (Å²) in [4.78, 5) is 0. The maximum atomic E-state index is 13.1. The Labute approximate surface area is 98.6 Å². The molecule has 0 saturated carbocycles. The molecule has 4 heteroatoms. The molecule has 0 bridgehead atoms. The summed E-state index contributed by atoms with van der Waals surface area (Å²) in [5, 5.41) is 0. The van der Waals surface area contributed by atoms with Crippen LogP contribution in [-0.2, 0) is 11.6 Å². The maximum absolute atomic E-state index is 13.1. The molecule has 96 valence electrons. The molecule has 0 radical (unpaired) electrons. The number of alkyl halides is 3. The van der Waals surface area contributed by atoms with E-state index in [9.17, 15) is 17.6 Å². The second-order valence-electron chi connectivity index (χ2n) is 4.83. The first-order valence-corrected chi connectivity index (χ1v) is 5.55. The molecule has 0 N–H and O–H groups in total. The van der Waals surface area contributed by atoms with Crippen LogP contribution in [0.2, 0.25) is 0 Å².